The van der Waals surface area contributed by atoms with Gasteiger partial charge in [-0.25, -0.2) is 15.0 Å². The van der Waals surface area contributed by atoms with Gasteiger partial charge in [0.2, 0.25) is 5.91 Å². The summed E-state index contributed by atoms with van der Waals surface area (Å²) in [6, 6.07) is 11.2. The van der Waals surface area contributed by atoms with Crippen LogP contribution in [0, 0.1) is 0 Å². The molecule has 0 spiro atoms. The fraction of sp³-hybridized carbons (Fsp3) is 0.217. The number of aromatic nitrogens is 4. The molecular weight excluding hydrogens is 404 g/mol. The number of primary amides is 1. The van der Waals surface area contributed by atoms with Crippen LogP contribution in [0.4, 0.5) is 17.3 Å². The highest BCUT2D eigenvalue weighted by Gasteiger charge is 2.16. The molecule has 162 valence electrons. The van der Waals surface area contributed by atoms with Gasteiger partial charge in [-0.05, 0) is 31.3 Å². The van der Waals surface area contributed by atoms with Crippen molar-refractivity contribution < 1.29 is 4.79 Å². The third-order valence-electron chi connectivity index (χ3n) is 5.73. The van der Waals surface area contributed by atoms with Gasteiger partial charge < -0.3 is 20.9 Å². The molecule has 0 unspecified atom stereocenters. The second-order valence-electron chi connectivity index (χ2n) is 7.87. The molecule has 4 heterocycles. The number of pyridine rings is 1. The fourth-order valence-electron chi connectivity index (χ4n) is 3.85. The van der Waals surface area contributed by atoms with Crippen LogP contribution in [0.1, 0.15) is 10.4 Å². The summed E-state index contributed by atoms with van der Waals surface area (Å²) in [7, 11) is 2.14. The van der Waals surface area contributed by atoms with E-state index >= 15 is 0 Å². The molecule has 1 amide bonds. The number of nitrogens with zero attached hydrogens (tertiary/aromatic N) is 6. The Labute approximate surface area is 185 Å². The van der Waals surface area contributed by atoms with E-state index in [0.29, 0.717) is 17.0 Å². The fourth-order valence-corrected chi connectivity index (χ4v) is 3.85. The van der Waals surface area contributed by atoms with Crippen molar-refractivity contribution in [2.75, 3.05) is 43.4 Å². The summed E-state index contributed by atoms with van der Waals surface area (Å²) in [5.74, 6) is 1.17. The summed E-state index contributed by atoms with van der Waals surface area (Å²) in [5.41, 5.74) is 9.13. The van der Waals surface area contributed by atoms with Crippen LogP contribution in [0.3, 0.4) is 0 Å². The minimum atomic E-state index is -0.450. The number of benzene rings is 1. The van der Waals surface area contributed by atoms with E-state index in [4.69, 9.17) is 5.73 Å². The predicted molar refractivity (Wildman–Crippen MR) is 124 cm³/mol. The number of nitrogens with one attached hydrogen (secondary N) is 1. The van der Waals surface area contributed by atoms with Gasteiger partial charge in [-0.15, -0.1) is 0 Å². The number of nitrogens with two attached hydrogens (primary N) is 1. The molecule has 1 aliphatic heterocycles. The number of carbonyl (C=O) groups is 1. The van der Waals surface area contributed by atoms with Crippen LogP contribution < -0.4 is 16.0 Å². The standard InChI is InChI=1S/C23H24N8O/c1-29-10-12-30(13-11-29)20-7-6-18(14-26-20)28-22-23-25-8-9-31(23)19(15-27-22)16-2-4-17(5-3-16)21(24)32/h2-9,14-15H,10-13H2,1H3,(H2,24,32)(H,27,28). The Hall–Kier alpha value is -3.98. The van der Waals surface area contributed by atoms with E-state index in [-0.39, 0.29) is 0 Å². The van der Waals surface area contributed by atoms with Gasteiger partial charge in [0.25, 0.3) is 0 Å². The van der Waals surface area contributed by atoms with E-state index in [0.717, 1.165) is 48.9 Å². The zero-order valence-electron chi connectivity index (χ0n) is 17.8. The maximum absolute atomic E-state index is 11.3. The molecule has 1 aromatic carbocycles. The number of hydrogen-bond donors (Lipinski definition) is 2. The normalized spacial score (nSPS) is 14.6. The second-order valence-corrected chi connectivity index (χ2v) is 7.87. The van der Waals surface area contributed by atoms with Crippen molar-refractivity contribution in [2.24, 2.45) is 5.73 Å². The Balaban J connectivity index is 1.38. The summed E-state index contributed by atoms with van der Waals surface area (Å²) in [5, 5.41) is 3.33. The van der Waals surface area contributed by atoms with Gasteiger partial charge in [-0.3, -0.25) is 9.20 Å². The smallest absolute Gasteiger partial charge is 0.248 e. The summed E-state index contributed by atoms with van der Waals surface area (Å²) >= 11 is 0. The quantitative estimate of drug-likeness (QED) is 0.503. The molecule has 3 N–H and O–H groups in total. The van der Waals surface area contributed by atoms with Crippen LogP contribution in [0.5, 0.6) is 0 Å². The van der Waals surface area contributed by atoms with Crippen molar-refractivity contribution in [3.05, 3.63) is 66.7 Å². The Bertz CT molecular complexity index is 1240. The number of fused-ring (bicyclic) bond motifs is 1. The molecule has 1 saturated heterocycles. The van der Waals surface area contributed by atoms with Crippen molar-refractivity contribution in [1.82, 2.24) is 24.3 Å². The Morgan fingerprint density at radius 1 is 0.969 bits per heavy atom. The van der Waals surface area contributed by atoms with Crippen molar-refractivity contribution >= 4 is 28.9 Å². The van der Waals surface area contributed by atoms with Crippen LogP contribution in [-0.2, 0) is 0 Å². The Morgan fingerprint density at radius 2 is 1.75 bits per heavy atom. The molecule has 9 nitrogen and oxygen atoms in total. The second kappa shape index (κ2) is 8.27. The average Bonchev–Trinajstić information content (AvgIpc) is 3.31. The number of piperazine rings is 1. The molecule has 5 rings (SSSR count). The zero-order valence-corrected chi connectivity index (χ0v) is 17.8. The molecule has 3 aromatic heterocycles. The third kappa shape index (κ3) is 3.85. The van der Waals surface area contributed by atoms with Gasteiger partial charge in [0.15, 0.2) is 11.5 Å². The van der Waals surface area contributed by atoms with Crippen LogP contribution in [0.15, 0.2) is 61.2 Å². The number of amides is 1. The Kier molecular flexibility index (Phi) is 5.16. The van der Waals surface area contributed by atoms with Gasteiger partial charge in [0, 0.05) is 49.7 Å². The molecule has 4 aromatic rings. The first-order chi connectivity index (χ1) is 15.6. The topological polar surface area (TPSA) is 105 Å². The minimum absolute atomic E-state index is 0.450. The molecule has 1 aliphatic rings. The van der Waals surface area contributed by atoms with Crippen LogP contribution in [0.25, 0.3) is 16.9 Å². The summed E-state index contributed by atoms with van der Waals surface area (Å²) in [6.45, 7) is 4.05. The molecule has 0 atom stereocenters. The minimum Gasteiger partial charge on any atom is -0.366 e. The summed E-state index contributed by atoms with van der Waals surface area (Å²) in [6.07, 6.45) is 7.22. The van der Waals surface area contributed by atoms with Crippen molar-refractivity contribution in [3.8, 4) is 11.3 Å². The maximum atomic E-state index is 11.3. The van der Waals surface area contributed by atoms with Crippen molar-refractivity contribution in [3.63, 3.8) is 0 Å². The van der Waals surface area contributed by atoms with Gasteiger partial charge >= 0.3 is 0 Å². The average molecular weight is 429 g/mol. The van der Waals surface area contributed by atoms with E-state index in [1.165, 1.54) is 0 Å². The first-order valence-corrected chi connectivity index (χ1v) is 10.5. The lowest BCUT2D eigenvalue weighted by molar-refractivity contribution is 0.100. The number of hydrogen-bond acceptors (Lipinski definition) is 7. The van der Waals surface area contributed by atoms with E-state index in [9.17, 15) is 4.79 Å². The number of imidazole rings is 1. The summed E-state index contributed by atoms with van der Waals surface area (Å²) < 4.78 is 1.96. The lowest BCUT2D eigenvalue weighted by Crippen LogP contribution is -2.44. The number of carbonyl (C=O) groups excluding carboxylic acids is 1. The lowest BCUT2D eigenvalue weighted by Gasteiger charge is -2.33. The highest BCUT2D eigenvalue weighted by Crippen LogP contribution is 2.26. The zero-order chi connectivity index (χ0) is 22.1. The number of likely N-dealkylation sites (N-methyl/N-ethyl adjacent to an activating group) is 1. The van der Waals surface area contributed by atoms with E-state index in [2.05, 4.69) is 37.1 Å². The molecule has 0 aliphatic carbocycles. The first kappa shape index (κ1) is 20.0. The molecule has 32 heavy (non-hydrogen) atoms. The van der Waals surface area contributed by atoms with Gasteiger partial charge in [0.05, 0.1) is 23.8 Å². The molecule has 1 fully saturated rings. The van der Waals surface area contributed by atoms with Crippen LogP contribution >= 0.6 is 0 Å². The number of anilines is 3. The first-order valence-electron chi connectivity index (χ1n) is 10.5. The third-order valence-corrected chi connectivity index (χ3v) is 5.73. The lowest BCUT2D eigenvalue weighted by atomic mass is 10.1. The molecular formula is C23H24N8O. The largest absolute Gasteiger partial charge is 0.366 e. The molecule has 9 heteroatoms. The maximum Gasteiger partial charge on any atom is 0.248 e. The molecule has 0 saturated carbocycles. The monoisotopic (exact) mass is 428 g/mol. The van der Waals surface area contributed by atoms with Gasteiger partial charge in [-0.1, -0.05) is 12.1 Å². The molecule has 0 bridgehead atoms. The summed E-state index contributed by atoms with van der Waals surface area (Å²) in [4.78, 5) is 29.7. The van der Waals surface area contributed by atoms with Crippen molar-refractivity contribution in [1.29, 1.82) is 0 Å². The molecule has 0 radical (unpaired) electrons. The van der Waals surface area contributed by atoms with Gasteiger partial charge in [0.1, 0.15) is 5.82 Å². The van der Waals surface area contributed by atoms with E-state index < -0.39 is 5.91 Å². The van der Waals surface area contributed by atoms with Gasteiger partial charge in [-0.2, -0.15) is 0 Å². The van der Waals surface area contributed by atoms with E-state index in [1.807, 2.05) is 41.1 Å². The Morgan fingerprint density at radius 3 is 2.44 bits per heavy atom. The van der Waals surface area contributed by atoms with Crippen LogP contribution in [-0.4, -0.2) is 63.4 Å². The highest BCUT2D eigenvalue weighted by molar-refractivity contribution is 5.93. The van der Waals surface area contributed by atoms with Crippen LogP contribution in [0.2, 0.25) is 0 Å². The SMILES string of the molecule is CN1CCN(c2ccc(Nc3ncc(-c4ccc(C(N)=O)cc4)n4ccnc34)cn2)CC1. The predicted octanol–water partition coefficient (Wildman–Crippen LogP) is 2.39. The number of rotatable bonds is 5. The highest BCUT2D eigenvalue weighted by atomic mass is 16.1. The van der Waals surface area contributed by atoms with E-state index in [1.54, 1.807) is 24.5 Å². The van der Waals surface area contributed by atoms with Crippen molar-refractivity contribution in [2.45, 2.75) is 0 Å².